The van der Waals surface area contributed by atoms with Crippen LogP contribution in [0.3, 0.4) is 0 Å². The molecular weight excluding hydrogens is 404 g/mol. The first-order valence-corrected chi connectivity index (χ1v) is 7.26. The Kier molecular flexibility index (Phi) is 4.54. The zero-order valence-electron chi connectivity index (χ0n) is 9.89. The first-order chi connectivity index (χ1) is 9.30. The maximum atomic E-state index is 14.0. The van der Waals surface area contributed by atoms with Crippen molar-refractivity contribution in [3.63, 3.8) is 0 Å². The van der Waals surface area contributed by atoms with Gasteiger partial charge in [-0.1, -0.05) is 56.1 Å². The van der Waals surface area contributed by atoms with Crippen LogP contribution in [0.1, 0.15) is 21.5 Å². The first-order valence-electron chi connectivity index (χ1n) is 5.56. The van der Waals surface area contributed by atoms with E-state index in [1.54, 1.807) is 24.3 Å². The summed E-state index contributed by atoms with van der Waals surface area (Å²) in [5, 5.41) is 0. The Morgan fingerprint density at radius 1 is 0.950 bits per heavy atom. The highest BCUT2D eigenvalue weighted by Gasteiger charge is 2.35. The van der Waals surface area contributed by atoms with Gasteiger partial charge in [0.2, 0.25) is 0 Å². The van der Waals surface area contributed by atoms with E-state index in [4.69, 9.17) is 0 Å². The van der Waals surface area contributed by atoms with E-state index in [1.165, 1.54) is 12.1 Å². The molecule has 0 heterocycles. The van der Waals surface area contributed by atoms with Crippen molar-refractivity contribution in [2.45, 2.75) is 11.0 Å². The summed E-state index contributed by atoms with van der Waals surface area (Å²) in [7, 11) is 0. The molecule has 6 heteroatoms. The highest BCUT2D eigenvalue weighted by Crippen LogP contribution is 2.38. The van der Waals surface area contributed by atoms with Gasteiger partial charge >= 0.3 is 6.18 Å². The maximum Gasteiger partial charge on any atom is 0.419 e. The minimum Gasteiger partial charge on any atom is -0.206 e. The molecule has 0 saturated carbocycles. The lowest BCUT2D eigenvalue weighted by Crippen LogP contribution is -2.10. The molecule has 1 atom stereocenters. The molecule has 2 aromatic rings. The molecule has 0 amide bonds. The van der Waals surface area contributed by atoms with Crippen LogP contribution in [0.25, 0.3) is 0 Å². The van der Waals surface area contributed by atoms with E-state index >= 15 is 0 Å². The number of benzene rings is 2. The van der Waals surface area contributed by atoms with Crippen LogP contribution in [-0.4, -0.2) is 0 Å². The van der Waals surface area contributed by atoms with E-state index in [-0.39, 0.29) is 5.56 Å². The minimum atomic E-state index is -4.70. The zero-order chi connectivity index (χ0) is 14.9. The molecule has 0 aromatic heterocycles. The largest absolute Gasteiger partial charge is 0.419 e. The molecule has 20 heavy (non-hydrogen) atoms. The van der Waals surface area contributed by atoms with Crippen molar-refractivity contribution < 1.29 is 17.6 Å². The van der Waals surface area contributed by atoms with E-state index < -0.39 is 22.4 Å². The van der Waals surface area contributed by atoms with Crippen LogP contribution < -0.4 is 0 Å². The molecule has 0 nitrogen and oxygen atoms in total. The fourth-order valence-electron chi connectivity index (χ4n) is 1.78. The normalized spacial score (nSPS) is 13.3. The van der Waals surface area contributed by atoms with Gasteiger partial charge in [-0.3, -0.25) is 0 Å². The molecule has 0 fully saturated rings. The van der Waals surface area contributed by atoms with Gasteiger partial charge in [0.15, 0.2) is 0 Å². The summed E-state index contributed by atoms with van der Waals surface area (Å²) in [6.45, 7) is 0. The molecule has 0 radical (unpaired) electrons. The van der Waals surface area contributed by atoms with Crippen molar-refractivity contribution in [1.29, 1.82) is 0 Å². The number of hydrogen-bond donors (Lipinski definition) is 0. The fraction of sp³-hybridized carbons (Fsp3) is 0.143. The summed E-state index contributed by atoms with van der Waals surface area (Å²) >= 11 is 6.51. The highest BCUT2D eigenvalue weighted by atomic mass is 79.9. The summed E-state index contributed by atoms with van der Waals surface area (Å²) in [6.07, 6.45) is -4.70. The van der Waals surface area contributed by atoms with Crippen LogP contribution in [0.5, 0.6) is 0 Å². The van der Waals surface area contributed by atoms with Crippen molar-refractivity contribution >= 4 is 31.9 Å². The second-order valence-corrected chi connectivity index (χ2v) is 5.95. The molecule has 106 valence electrons. The van der Waals surface area contributed by atoms with Gasteiger partial charge in [-0.15, -0.1) is 0 Å². The molecular formula is C14H8Br2F4. The van der Waals surface area contributed by atoms with Crippen molar-refractivity contribution in [1.82, 2.24) is 0 Å². The Balaban J connectivity index is 2.45. The lowest BCUT2D eigenvalue weighted by Gasteiger charge is -2.15. The molecule has 0 N–H and O–H groups in total. The van der Waals surface area contributed by atoms with Gasteiger partial charge in [0.25, 0.3) is 0 Å². The van der Waals surface area contributed by atoms with Crippen LogP contribution in [0.2, 0.25) is 0 Å². The summed E-state index contributed by atoms with van der Waals surface area (Å²) < 4.78 is 52.9. The highest BCUT2D eigenvalue weighted by molar-refractivity contribution is 9.10. The predicted molar refractivity (Wildman–Crippen MR) is 76.3 cm³/mol. The van der Waals surface area contributed by atoms with Gasteiger partial charge < -0.3 is 0 Å². The summed E-state index contributed by atoms with van der Waals surface area (Å²) in [4.78, 5) is -0.641. The Morgan fingerprint density at radius 3 is 2.10 bits per heavy atom. The molecule has 0 aliphatic carbocycles. The molecule has 0 spiro atoms. The lowest BCUT2D eigenvalue weighted by molar-refractivity contribution is -0.140. The summed E-state index contributed by atoms with van der Waals surface area (Å²) in [6, 6.07) is 10.2. The molecule has 0 bridgehead atoms. The van der Waals surface area contributed by atoms with Crippen molar-refractivity contribution in [2.24, 2.45) is 0 Å². The lowest BCUT2D eigenvalue weighted by atomic mass is 10.0. The monoisotopic (exact) mass is 410 g/mol. The molecule has 2 aromatic carbocycles. The van der Waals surface area contributed by atoms with Gasteiger partial charge in [0, 0.05) is 10.0 Å². The van der Waals surface area contributed by atoms with Crippen LogP contribution in [-0.2, 0) is 6.18 Å². The molecule has 0 aliphatic heterocycles. The van der Waals surface area contributed by atoms with Gasteiger partial charge in [-0.25, -0.2) is 4.39 Å². The van der Waals surface area contributed by atoms with Gasteiger partial charge in [0.1, 0.15) is 5.82 Å². The number of rotatable bonds is 2. The van der Waals surface area contributed by atoms with E-state index in [2.05, 4.69) is 31.9 Å². The van der Waals surface area contributed by atoms with Gasteiger partial charge in [-0.05, 0) is 23.8 Å². The Bertz CT molecular complexity index is 606. The van der Waals surface area contributed by atoms with Gasteiger partial charge in [-0.2, -0.15) is 13.2 Å². The van der Waals surface area contributed by atoms with Crippen molar-refractivity contribution in [2.75, 3.05) is 0 Å². The van der Waals surface area contributed by atoms with Gasteiger partial charge in [0.05, 0.1) is 10.4 Å². The quantitative estimate of drug-likeness (QED) is 0.414. The number of alkyl halides is 4. The number of halogens is 6. The smallest absolute Gasteiger partial charge is 0.206 e. The average molecular weight is 412 g/mol. The third kappa shape index (κ3) is 3.23. The van der Waals surface area contributed by atoms with Crippen molar-refractivity contribution in [3.8, 4) is 0 Å². The standard InChI is InChI=1S/C14H8Br2F4/c15-9-6-4-8(5-7-9)12(16)10-2-1-3-11(13(10)17)14(18,19)20/h1-7,12H. The molecule has 0 aliphatic rings. The third-order valence-electron chi connectivity index (χ3n) is 2.77. The Hall–Kier alpha value is -0.880. The fourth-order valence-corrected chi connectivity index (χ4v) is 2.70. The Labute approximate surface area is 130 Å². The van der Waals surface area contributed by atoms with Crippen LogP contribution in [0, 0.1) is 5.82 Å². The second kappa shape index (κ2) is 5.85. The third-order valence-corrected chi connectivity index (χ3v) is 4.32. The predicted octanol–water partition coefficient (Wildman–Crippen LogP) is 6.09. The molecule has 2 rings (SSSR count). The first kappa shape index (κ1) is 15.5. The molecule has 1 unspecified atom stereocenters. The van der Waals surface area contributed by atoms with Crippen LogP contribution in [0.4, 0.5) is 17.6 Å². The van der Waals surface area contributed by atoms with E-state index in [0.717, 1.165) is 10.5 Å². The van der Waals surface area contributed by atoms with Crippen LogP contribution >= 0.6 is 31.9 Å². The number of hydrogen-bond acceptors (Lipinski definition) is 0. The SMILES string of the molecule is Fc1c(C(Br)c2ccc(Br)cc2)cccc1C(F)(F)F. The average Bonchev–Trinajstić information content (AvgIpc) is 2.37. The minimum absolute atomic E-state index is 0.0397. The zero-order valence-corrected chi connectivity index (χ0v) is 13.1. The summed E-state index contributed by atoms with van der Waals surface area (Å²) in [5.41, 5.74) is -0.620. The summed E-state index contributed by atoms with van der Waals surface area (Å²) in [5.74, 6) is -1.25. The Morgan fingerprint density at radius 2 is 1.55 bits per heavy atom. The second-order valence-electron chi connectivity index (χ2n) is 4.12. The van der Waals surface area contributed by atoms with Crippen LogP contribution in [0.15, 0.2) is 46.9 Å². The van der Waals surface area contributed by atoms with Crippen molar-refractivity contribution in [3.05, 3.63) is 69.4 Å². The van der Waals surface area contributed by atoms with E-state index in [1.807, 2.05) is 0 Å². The topological polar surface area (TPSA) is 0 Å². The molecule has 0 saturated heterocycles. The van der Waals surface area contributed by atoms with E-state index in [9.17, 15) is 17.6 Å². The van der Waals surface area contributed by atoms with E-state index in [0.29, 0.717) is 5.56 Å². The maximum absolute atomic E-state index is 14.0.